The number of carbonyl (C=O) groups excluding carboxylic acids is 2. The Morgan fingerprint density at radius 2 is 0.879 bits per heavy atom. The average molecular weight is 1540 g/mol. The molecule has 4 N–H and O–H groups in total. The van der Waals surface area contributed by atoms with E-state index in [1.807, 2.05) is 79.7 Å². The molecule has 0 fully saturated rings. The molecule has 2 aliphatic rings. The molecule has 2 amide bonds. The van der Waals surface area contributed by atoms with Crippen molar-refractivity contribution >= 4 is 88.6 Å². The molecule has 0 spiro atoms. The summed E-state index contributed by atoms with van der Waals surface area (Å²) < 4.78 is 105. The van der Waals surface area contributed by atoms with Crippen molar-refractivity contribution in [3.05, 3.63) is 192 Å². The Labute approximate surface area is 637 Å². The maximum absolute atomic E-state index is 13.7. The maximum Gasteiger partial charge on any atom is 0.261 e. The first-order valence-electron chi connectivity index (χ1n) is 36.4. The van der Waals surface area contributed by atoms with Gasteiger partial charge in [-0.3, -0.25) is 27.1 Å². The van der Waals surface area contributed by atoms with Crippen LogP contribution in [0.2, 0.25) is 0 Å². The number of nitrogens with one attached hydrogen (secondary N) is 2. The van der Waals surface area contributed by atoms with E-state index in [0.717, 1.165) is 167 Å². The monoisotopic (exact) mass is 1540 g/mol. The van der Waals surface area contributed by atoms with Crippen molar-refractivity contribution in [1.29, 1.82) is 0 Å². The van der Waals surface area contributed by atoms with Crippen LogP contribution in [0.3, 0.4) is 0 Å². The number of amides is 2. The minimum Gasteiger partial charge on any atom is -0.491 e. The number of ether oxygens (including phenoxy) is 4. The highest BCUT2D eigenvalue weighted by Crippen LogP contribution is 2.36. The number of hydrogen-bond acceptors (Lipinski definition) is 16. The number of rotatable bonds is 31. The Balaban J connectivity index is 0.000000265. The molecule has 2 unspecified atom stereocenters. The zero-order chi connectivity index (χ0) is 77.5. The molecule has 26 heteroatoms. The second kappa shape index (κ2) is 43.4. The lowest BCUT2D eigenvalue weighted by Crippen LogP contribution is -2.30. The van der Waals surface area contributed by atoms with E-state index in [2.05, 4.69) is 161 Å². The van der Waals surface area contributed by atoms with Gasteiger partial charge in [-0.15, -0.1) is 0 Å². The van der Waals surface area contributed by atoms with Gasteiger partial charge in [-0.25, -0.2) is 9.97 Å². The van der Waals surface area contributed by atoms with Gasteiger partial charge in [0.1, 0.15) is 24.7 Å². The fourth-order valence-corrected chi connectivity index (χ4v) is 14.2. The van der Waals surface area contributed by atoms with Gasteiger partial charge in [-0.2, -0.15) is 16.8 Å². The molecule has 6 aromatic carbocycles. The minimum absolute atomic E-state index is 0.115. The average Bonchev–Trinajstić information content (AvgIpc) is 1.57. The number of anilines is 4. The van der Waals surface area contributed by atoms with Crippen LogP contribution in [0.1, 0.15) is 123 Å². The van der Waals surface area contributed by atoms with Crippen LogP contribution in [0.25, 0.3) is 34.4 Å². The Bertz CT molecular complexity index is 4420. The van der Waals surface area contributed by atoms with Gasteiger partial charge < -0.3 is 48.5 Å². The van der Waals surface area contributed by atoms with Gasteiger partial charge in [0.25, 0.3) is 32.1 Å². The molecule has 10 rings (SSSR count). The van der Waals surface area contributed by atoms with E-state index in [4.69, 9.17) is 28.1 Å². The summed E-state index contributed by atoms with van der Waals surface area (Å²) in [5.41, 5.74) is 13.4. The molecular formula is C81H106N8O14S4. The van der Waals surface area contributed by atoms with Crippen molar-refractivity contribution in [3.8, 4) is 33.8 Å². The van der Waals surface area contributed by atoms with E-state index >= 15 is 0 Å². The lowest BCUT2D eigenvalue weighted by atomic mass is 9.96. The number of aromatic nitrogens is 4. The van der Waals surface area contributed by atoms with Crippen molar-refractivity contribution in [2.45, 2.75) is 135 Å². The van der Waals surface area contributed by atoms with Crippen LogP contribution in [0.5, 0.6) is 11.5 Å². The van der Waals surface area contributed by atoms with E-state index in [1.54, 1.807) is 25.0 Å². The van der Waals surface area contributed by atoms with E-state index < -0.39 is 41.8 Å². The van der Waals surface area contributed by atoms with E-state index in [0.29, 0.717) is 93.1 Å². The van der Waals surface area contributed by atoms with Gasteiger partial charge in [0.15, 0.2) is 0 Å². The van der Waals surface area contributed by atoms with Crippen molar-refractivity contribution in [2.75, 3.05) is 98.8 Å². The number of benzene rings is 6. The van der Waals surface area contributed by atoms with Crippen molar-refractivity contribution in [3.63, 3.8) is 0 Å². The number of fused-ring (bicyclic) bond motifs is 2. The number of aryl methyl sites for hydroxylation is 2. The van der Waals surface area contributed by atoms with E-state index in [1.165, 1.54) is 0 Å². The normalized spacial score (nSPS) is 14.0. The molecular weight excluding hydrogens is 1440 g/mol. The quantitative estimate of drug-likeness (QED) is 0.0232. The minimum atomic E-state index is -3.67. The molecule has 107 heavy (non-hydrogen) atoms. The first kappa shape index (κ1) is 85.6. The molecule has 22 nitrogen and oxygen atoms in total. The van der Waals surface area contributed by atoms with Crippen LogP contribution in [0, 0.1) is 11.8 Å². The fourth-order valence-electron chi connectivity index (χ4n) is 11.9. The van der Waals surface area contributed by atoms with Gasteiger partial charge in [-0.05, 0) is 206 Å². The highest BCUT2D eigenvalue weighted by atomic mass is 32.2. The zero-order valence-corrected chi connectivity index (χ0v) is 66.5. The third kappa shape index (κ3) is 29.8. The summed E-state index contributed by atoms with van der Waals surface area (Å²) in [6.45, 7) is 26.2. The van der Waals surface area contributed by atoms with Crippen LogP contribution in [-0.4, -0.2) is 144 Å². The summed E-state index contributed by atoms with van der Waals surface area (Å²) in [7, 11) is -9.76. The largest absolute Gasteiger partial charge is 0.491 e. The maximum atomic E-state index is 13.7. The van der Waals surface area contributed by atoms with E-state index in [9.17, 15) is 34.8 Å². The summed E-state index contributed by atoms with van der Waals surface area (Å²) in [6, 6.07) is 44.0. The van der Waals surface area contributed by atoms with Crippen molar-refractivity contribution < 1.29 is 62.9 Å². The molecule has 0 aliphatic carbocycles. The van der Waals surface area contributed by atoms with Gasteiger partial charge in [0.2, 0.25) is 0 Å². The number of hydrogen-bond donors (Lipinski definition) is 4. The van der Waals surface area contributed by atoms with Gasteiger partial charge >= 0.3 is 0 Å². The van der Waals surface area contributed by atoms with Gasteiger partial charge in [-0.1, -0.05) is 84.9 Å². The summed E-state index contributed by atoms with van der Waals surface area (Å²) in [5, 5.41) is 6.19. The summed E-state index contributed by atoms with van der Waals surface area (Å²) in [5.74, 6) is 3.22. The van der Waals surface area contributed by atoms with Crippen LogP contribution in [0.15, 0.2) is 179 Å². The third-order valence-corrected chi connectivity index (χ3v) is 19.4. The molecule has 0 bridgehead atoms. The first-order chi connectivity index (χ1) is 51.2. The van der Waals surface area contributed by atoms with Crippen molar-refractivity contribution in [2.24, 2.45) is 11.8 Å². The van der Waals surface area contributed by atoms with E-state index in [-0.39, 0.29) is 11.8 Å². The first-order valence-corrected chi connectivity index (χ1v) is 42.8. The predicted octanol–water partition coefficient (Wildman–Crippen LogP) is 15.3. The number of carbonyl (C=O) groups is 2. The molecule has 2 aliphatic heterocycles. The van der Waals surface area contributed by atoms with Crippen LogP contribution >= 0.6 is 0 Å². The Kier molecular flexibility index (Phi) is 34.7. The zero-order valence-electron chi connectivity index (χ0n) is 63.3. The Morgan fingerprint density at radius 1 is 0.505 bits per heavy atom. The topological polar surface area (TPSA) is 280 Å². The van der Waals surface area contributed by atoms with Crippen LogP contribution < -0.4 is 29.9 Å². The predicted molar refractivity (Wildman–Crippen MR) is 431 cm³/mol. The lowest BCUT2D eigenvalue weighted by Gasteiger charge is -2.30. The molecule has 0 saturated heterocycles. The van der Waals surface area contributed by atoms with Gasteiger partial charge in [0, 0.05) is 109 Å². The lowest BCUT2D eigenvalue weighted by molar-refractivity contribution is -0.113. The molecule has 0 radical (unpaired) electrons. The highest BCUT2D eigenvalue weighted by Gasteiger charge is 2.23. The standard InChI is InChI=1S/C40H50N4O4S.C39H48N4O4S.2CH4O3S/c1-5-19-44-29-41-26-36(44)28-49(46)38-16-12-35(13-17-38)42-40(45)33-8-7-20-43(27-30(3)4)39-18-11-32(24-34(39)25-33)31-9-14-37(15-10-31)48-23-22-47-21-6-2;1-5-19-43-28-40-25-35(43)27-48(45)37-16-12-34(13-17-37)41-39(44)32-8-7-20-42(26-29(3)4)38-18-11-31(23-33(38)24-32)30-9-14-36(15-10-30)47-22-21-46-6-2;2*1-5(2,3)4/h9-18,24-26,29-30H,5-8,19-23,27-28H2,1-4H3,(H,42,45);9-18,23-25,28-29H,5-8,19-22,26-27H2,1-4H3,(H,41,44);2*1H3,(H,2,3,4)/b;32-24+;;. The summed E-state index contributed by atoms with van der Waals surface area (Å²) in [4.78, 5) is 42.1. The molecule has 0 saturated carbocycles. The molecule has 578 valence electrons. The second-order valence-corrected chi connectivity index (χ2v) is 32.7. The molecule has 4 heterocycles. The molecule has 2 aromatic heterocycles. The Morgan fingerprint density at radius 3 is 1.23 bits per heavy atom. The smallest absolute Gasteiger partial charge is 0.261 e. The highest BCUT2D eigenvalue weighted by molar-refractivity contribution is 7.85. The molecule has 8 aromatic rings. The molecule has 2 atom stereocenters. The van der Waals surface area contributed by atoms with Crippen LogP contribution in [-0.2, 0) is 85.5 Å². The van der Waals surface area contributed by atoms with Gasteiger partial charge in [0.05, 0.1) is 82.9 Å². The SMILES string of the molecule is CCCOCCOc1ccc(-c2ccc3c(c2)C=C(C(=O)Nc2ccc(S(=O)Cc4cncn4CCC)cc2)CCCN3CC(C)C)cc1.CCCn1cncc1CS(=O)c1ccc(NC(=O)/C2=C/c3cc(-c4ccc(OCCOCC)cc4)ccc3N(CC(C)C)CCC2)cc1.CS(=O)(=O)O.CS(=O)(=O)O. The summed E-state index contributed by atoms with van der Waals surface area (Å²) in [6.07, 6.45) is 18.8. The number of nitrogens with zero attached hydrogens (tertiary/aromatic N) is 6. The second-order valence-electron chi connectivity index (χ2n) is 26.9. The Hall–Kier alpha value is -8.60. The number of imidazole rings is 2. The summed E-state index contributed by atoms with van der Waals surface area (Å²) >= 11 is 0. The van der Waals surface area contributed by atoms with Crippen molar-refractivity contribution in [1.82, 2.24) is 19.1 Å². The van der Waals surface area contributed by atoms with Crippen LogP contribution in [0.4, 0.5) is 22.7 Å². The third-order valence-electron chi connectivity index (χ3n) is 16.7. The fraction of sp³-hybridized carbons (Fsp3) is 0.407.